The van der Waals surface area contributed by atoms with Crippen LogP contribution in [0, 0.1) is 0 Å². The van der Waals surface area contributed by atoms with E-state index in [4.69, 9.17) is 5.21 Å². The highest BCUT2D eigenvalue weighted by atomic mass is 35.5. The third-order valence-electron chi connectivity index (χ3n) is 4.90. The minimum Gasteiger partial charge on any atom is -0.358 e. The van der Waals surface area contributed by atoms with Crippen molar-refractivity contribution < 1.29 is 14.8 Å². The second kappa shape index (κ2) is 9.39. The molecule has 0 spiro atoms. The molecule has 0 radical (unpaired) electrons. The van der Waals surface area contributed by atoms with E-state index in [0.29, 0.717) is 24.5 Å². The number of carbonyl (C=O) groups excluding carboxylic acids is 2. The maximum atomic E-state index is 12.7. The third kappa shape index (κ3) is 4.59. The van der Waals surface area contributed by atoms with Crippen LogP contribution in [0.5, 0.6) is 0 Å². The number of hydrogen-bond acceptors (Lipinski definition) is 4. The summed E-state index contributed by atoms with van der Waals surface area (Å²) < 4.78 is 0. The van der Waals surface area contributed by atoms with E-state index >= 15 is 0 Å². The van der Waals surface area contributed by atoms with E-state index in [9.17, 15) is 9.59 Å². The lowest BCUT2D eigenvalue weighted by atomic mass is 10.0. The molecule has 154 valence electrons. The molecule has 0 aliphatic carbocycles. The van der Waals surface area contributed by atoms with Gasteiger partial charge in [-0.1, -0.05) is 24.3 Å². The number of nitrogens with one attached hydrogen (secondary N) is 2. The van der Waals surface area contributed by atoms with Crippen molar-refractivity contribution in [2.75, 3.05) is 6.54 Å². The van der Waals surface area contributed by atoms with Crippen LogP contribution in [0.2, 0.25) is 0 Å². The Balaban J connectivity index is 0.00000256. The first kappa shape index (κ1) is 21.3. The van der Waals surface area contributed by atoms with Crippen LogP contribution in [0.3, 0.4) is 0 Å². The van der Waals surface area contributed by atoms with Crippen molar-refractivity contribution in [3.05, 3.63) is 77.3 Å². The monoisotopic (exact) mass is 424 g/mol. The summed E-state index contributed by atoms with van der Waals surface area (Å²) in [6.07, 6.45) is 6.64. The van der Waals surface area contributed by atoms with Crippen molar-refractivity contribution in [3.8, 4) is 0 Å². The summed E-state index contributed by atoms with van der Waals surface area (Å²) >= 11 is 0. The maximum Gasteiger partial charge on any atom is 0.267 e. The Bertz CT molecular complexity index is 1140. The van der Waals surface area contributed by atoms with Crippen molar-refractivity contribution in [2.45, 2.75) is 13.0 Å². The summed E-state index contributed by atoms with van der Waals surface area (Å²) in [6, 6.07) is 13.4. The Kier molecular flexibility index (Phi) is 6.66. The normalized spacial score (nSPS) is 13.4. The molecular formula is C22H21ClN4O3. The molecule has 2 aromatic heterocycles. The maximum absolute atomic E-state index is 12.7. The number of benzene rings is 1. The number of hydroxylamine groups is 1. The van der Waals surface area contributed by atoms with Crippen LogP contribution in [-0.2, 0) is 22.6 Å². The van der Waals surface area contributed by atoms with E-state index in [0.717, 1.165) is 17.3 Å². The van der Waals surface area contributed by atoms with Crippen LogP contribution in [0.15, 0.2) is 54.6 Å². The molecule has 8 heteroatoms. The van der Waals surface area contributed by atoms with E-state index in [2.05, 4.69) is 22.1 Å². The predicted octanol–water partition coefficient (Wildman–Crippen LogP) is 3.10. The number of H-pyrrole nitrogens is 1. The smallest absolute Gasteiger partial charge is 0.267 e. The van der Waals surface area contributed by atoms with E-state index in [-0.39, 0.29) is 18.3 Å². The molecule has 2 amide bonds. The van der Waals surface area contributed by atoms with E-state index < -0.39 is 5.91 Å². The summed E-state index contributed by atoms with van der Waals surface area (Å²) in [4.78, 5) is 33.4. The Hall–Kier alpha value is -3.42. The lowest BCUT2D eigenvalue weighted by molar-refractivity contribution is -0.127. The number of hydrogen-bond donors (Lipinski definition) is 3. The zero-order valence-electron chi connectivity index (χ0n) is 16.0. The average Bonchev–Trinajstić information content (AvgIpc) is 3.14. The number of para-hydroxylation sites is 1. The quantitative estimate of drug-likeness (QED) is 0.340. The summed E-state index contributed by atoms with van der Waals surface area (Å²) in [5, 5.41) is 9.68. The highest BCUT2D eigenvalue weighted by Gasteiger charge is 2.22. The molecule has 3 heterocycles. The molecule has 0 saturated carbocycles. The number of rotatable bonds is 4. The van der Waals surface area contributed by atoms with Gasteiger partial charge in [-0.3, -0.25) is 14.8 Å². The highest BCUT2D eigenvalue weighted by molar-refractivity contribution is 5.93. The number of carbonyl (C=O) groups is 2. The number of halogens is 1. The molecule has 0 fully saturated rings. The second-order valence-corrected chi connectivity index (χ2v) is 6.77. The molecule has 1 aliphatic rings. The second-order valence-electron chi connectivity index (χ2n) is 6.77. The van der Waals surface area contributed by atoms with Gasteiger partial charge in [-0.05, 0) is 30.4 Å². The van der Waals surface area contributed by atoms with Gasteiger partial charge in [-0.25, -0.2) is 10.5 Å². The molecule has 1 aliphatic heterocycles. The molecule has 4 rings (SSSR count). The zero-order valence-corrected chi connectivity index (χ0v) is 16.9. The van der Waals surface area contributed by atoms with Gasteiger partial charge in [-0.2, -0.15) is 0 Å². The number of aromatic nitrogens is 2. The van der Waals surface area contributed by atoms with Gasteiger partial charge in [0.05, 0.1) is 11.4 Å². The highest BCUT2D eigenvalue weighted by Crippen LogP contribution is 2.27. The Morgan fingerprint density at radius 1 is 1.07 bits per heavy atom. The standard InChI is InChI=1S/C22H20N4O3.ClH/c27-21(25-29)10-8-15-4-3-5-16(23-15)9-11-22(28)26-13-12-20-18(14-26)17-6-1-2-7-19(17)24-20;/h1-11,24,29H,12-14H2,(H,25,27);1H. The van der Waals surface area contributed by atoms with E-state index in [1.807, 2.05) is 17.0 Å². The van der Waals surface area contributed by atoms with Crippen LogP contribution in [-0.4, -0.2) is 38.4 Å². The van der Waals surface area contributed by atoms with Crippen molar-refractivity contribution >= 4 is 47.3 Å². The first-order valence-corrected chi connectivity index (χ1v) is 9.28. The summed E-state index contributed by atoms with van der Waals surface area (Å²) in [6.45, 7) is 1.24. The number of fused-ring (bicyclic) bond motifs is 3. The first-order valence-electron chi connectivity index (χ1n) is 9.28. The van der Waals surface area contributed by atoms with Crippen molar-refractivity contribution in [1.29, 1.82) is 0 Å². The van der Waals surface area contributed by atoms with Gasteiger partial charge in [0, 0.05) is 53.8 Å². The zero-order chi connectivity index (χ0) is 20.2. The van der Waals surface area contributed by atoms with Gasteiger partial charge >= 0.3 is 0 Å². The van der Waals surface area contributed by atoms with Gasteiger partial charge in [0.2, 0.25) is 5.91 Å². The first-order chi connectivity index (χ1) is 14.1. The van der Waals surface area contributed by atoms with Crippen LogP contribution in [0.25, 0.3) is 23.1 Å². The van der Waals surface area contributed by atoms with Crippen LogP contribution >= 0.6 is 12.4 Å². The Morgan fingerprint density at radius 2 is 1.80 bits per heavy atom. The molecule has 7 nitrogen and oxygen atoms in total. The third-order valence-corrected chi connectivity index (χ3v) is 4.90. The average molecular weight is 425 g/mol. The van der Waals surface area contributed by atoms with Crippen LogP contribution in [0.4, 0.5) is 0 Å². The van der Waals surface area contributed by atoms with Gasteiger partial charge in [-0.15, -0.1) is 12.4 Å². The Morgan fingerprint density at radius 3 is 2.57 bits per heavy atom. The summed E-state index contributed by atoms with van der Waals surface area (Å²) in [5.41, 5.74) is 6.16. The van der Waals surface area contributed by atoms with Gasteiger partial charge in [0.25, 0.3) is 5.91 Å². The molecule has 0 unspecified atom stereocenters. The lowest BCUT2D eigenvalue weighted by Crippen LogP contribution is -2.34. The van der Waals surface area contributed by atoms with Gasteiger partial charge in [0.15, 0.2) is 0 Å². The van der Waals surface area contributed by atoms with Gasteiger partial charge in [0.1, 0.15) is 0 Å². The molecule has 1 aromatic carbocycles. The molecule has 0 bridgehead atoms. The minimum absolute atomic E-state index is 0. The fourth-order valence-corrected chi connectivity index (χ4v) is 3.47. The summed E-state index contributed by atoms with van der Waals surface area (Å²) in [5.74, 6) is -0.701. The lowest BCUT2D eigenvalue weighted by Gasteiger charge is -2.26. The largest absolute Gasteiger partial charge is 0.358 e. The summed E-state index contributed by atoms with van der Waals surface area (Å²) in [7, 11) is 0. The molecule has 0 atom stereocenters. The van der Waals surface area contributed by atoms with Crippen molar-refractivity contribution in [3.63, 3.8) is 0 Å². The molecular weight excluding hydrogens is 404 g/mol. The van der Waals surface area contributed by atoms with Crippen LogP contribution in [0.1, 0.15) is 22.6 Å². The molecule has 3 aromatic rings. The molecule has 0 saturated heterocycles. The van der Waals surface area contributed by atoms with E-state index in [1.54, 1.807) is 24.3 Å². The fourth-order valence-electron chi connectivity index (χ4n) is 3.47. The van der Waals surface area contributed by atoms with Gasteiger partial charge < -0.3 is 9.88 Å². The van der Waals surface area contributed by atoms with E-state index in [1.165, 1.54) is 35.0 Å². The molecule has 30 heavy (non-hydrogen) atoms. The number of amides is 2. The SMILES string of the molecule is Cl.O=C(C=Cc1cccc(C=CC(=O)N2CCc3[nH]c4ccccc4c3C2)n1)NO. The number of aromatic amines is 1. The van der Waals surface area contributed by atoms with Crippen LogP contribution < -0.4 is 5.48 Å². The predicted molar refractivity (Wildman–Crippen MR) is 117 cm³/mol. The van der Waals surface area contributed by atoms with Crippen molar-refractivity contribution in [1.82, 2.24) is 20.3 Å². The topological polar surface area (TPSA) is 98.3 Å². The Labute approximate surface area is 179 Å². The fraction of sp³-hybridized carbons (Fsp3) is 0.136. The number of nitrogens with zero attached hydrogens (tertiary/aromatic N) is 2. The number of pyridine rings is 1. The van der Waals surface area contributed by atoms with Crippen molar-refractivity contribution in [2.24, 2.45) is 0 Å². The minimum atomic E-state index is -0.635. The molecule has 3 N–H and O–H groups in total.